The summed E-state index contributed by atoms with van der Waals surface area (Å²) in [4.78, 5) is 14.5. The van der Waals surface area contributed by atoms with Crippen molar-refractivity contribution in [2.24, 2.45) is 4.99 Å². The van der Waals surface area contributed by atoms with E-state index in [4.69, 9.17) is 4.74 Å². The van der Waals surface area contributed by atoms with Crippen LogP contribution in [0.25, 0.3) is 0 Å². The second-order valence-corrected chi connectivity index (χ2v) is 4.70. The molecule has 0 bridgehead atoms. The van der Waals surface area contributed by atoms with Gasteiger partial charge in [0.05, 0.1) is 17.1 Å². The van der Waals surface area contributed by atoms with Crippen LogP contribution in [-0.4, -0.2) is 13.2 Å². The predicted octanol–water partition coefficient (Wildman–Crippen LogP) is 3.17. The molecule has 0 saturated heterocycles. The standard InChI is InChI=1S/C12H12BrNO2/c1-16-10-5-2-4-9(11(10)13)12(14-8-15)6-3-7-12/h2,4-5H,3,6-7H2,1H3. The van der Waals surface area contributed by atoms with Crippen molar-refractivity contribution in [3.63, 3.8) is 0 Å². The fourth-order valence-corrected chi connectivity index (χ4v) is 2.86. The summed E-state index contributed by atoms with van der Waals surface area (Å²) in [5.41, 5.74) is 0.635. The molecule has 0 spiro atoms. The van der Waals surface area contributed by atoms with Crippen molar-refractivity contribution in [3.05, 3.63) is 28.2 Å². The molecule has 0 radical (unpaired) electrons. The third kappa shape index (κ3) is 1.68. The quantitative estimate of drug-likeness (QED) is 0.631. The highest BCUT2D eigenvalue weighted by Crippen LogP contribution is 2.48. The molecule has 1 aromatic carbocycles. The van der Waals surface area contributed by atoms with Gasteiger partial charge in [-0.15, -0.1) is 0 Å². The lowest BCUT2D eigenvalue weighted by Gasteiger charge is -2.37. The first-order chi connectivity index (χ1) is 7.73. The van der Waals surface area contributed by atoms with E-state index >= 15 is 0 Å². The van der Waals surface area contributed by atoms with Crippen LogP contribution < -0.4 is 4.74 Å². The molecule has 0 unspecified atom stereocenters. The first-order valence-corrected chi connectivity index (χ1v) is 5.95. The van der Waals surface area contributed by atoms with Gasteiger partial charge in [0.25, 0.3) is 0 Å². The Kier molecular flexibility index (Phi) is 3.13. The Morgan fingerprint density at radius 2 is 2.25 bits per heavy atom. The molecule has 3 nitrogen and oxygen atoms in total. The SMILES string of the molecule is COc1cccc(C2(N=C=O)CCC2)c1Br. The molecule has 16 heavy (non-hydrogen) atoms. The molecule has 1 saturated carbocycles. The van der Waals surface area contributed by atoms with Crippen molar-refractivity contribution in [3.8, 4) is 5.75 Å². The molecule has 0 aromatic heterocycles. The Morgan fingerprint density at radius 3 is 2.75 bits per heavy atom. The summed E-state index contributed by atoms with van der Waals surface area (Å²) in [5.74, 6) is 0.768. The molecular formula is C12H12BrNO2. The van der Waals surface area contributed by atoms with Crippen molar-refractivity contribution < 1.29 is 9.53 Å². The number of ether oxygens (including phenoxy) is 1. The van der Waals surface area contributed by atoms with Crippen molar-refractivity contribution in [1.29, 1.82) is 0 Å². The number of hydrogen-bond acceptors (Lipinski definition) is 3. The van der Waals surface area contributed by atoms with Crippen molar-refractivity contribution in [2.45, 2.75) is 24.8 Å². The number of halogens is 1. The predicted molar refractivity (Wildman–Crippen MR) is 64.3 cm³/mol. The molecule has 1 aliphatic rings. The lowest BCUT2D eigenvalue weighted by Crippen LogP contribution is -2.32. The maximum absolute atomic E-state index is 10.5. The Bertz CT molecular complexity index is 448. The average Bonchev–Trinajstić information content (AvgIpc) is 2.24. The number of methoxy groups -OCH3 is 1. The fraction of sp³-hybridized carbons (Fsp3) is 0.417. The minimum absolute atomic E-state index is 0.380. The van der Waals surface area contributed by atoms with E-state index in [0.717, 1.165) is 35.0 Å². The topological polar surface area (TPSA) is 38.7 Å². The minimum atomic E-state index is -0.380. The smallest absolute Gasteiger partial charge is 0.235 e. The molecule has 1 aromatic rings. The number of nitrogens with zero attached hydrogens (tertiary/aromatic N) is 1. The fourth-order valence-electron chi connectivity index (χ4n) is 2.07. The Morgan fingerprint density at radius 1 is 1.50 bits per heavy atom. The van der Waals surface area contributed by atoms with Gasteiger partial charge < -0.3 is 4.74 Å². The van der Waals surface area contributed by atoms with Gasteiger partial charge in [-0.1, -0.05) is 12.1 Å². The average molecular weight is 282 g/mol. The molecule has 0 aliphatic heterocycles. The summed E-state index contributed by atoms with van der Waals surface area (Å²) < 4.78 is 6.13. The van der Waals surface area contributed by atoms with Crippen LogP contribution in [0.4, 0.5) is 0 Å². The van der Waals surface area contributed by atoms with E-state index < -0.39 is 0 Å². The number of rotatable bonds is 3. The summed E-state index contributed by atoms with van der Waals surface area (Å²) in [6.07, 6.45) is 4.57. The number of hydrogen-bond donors (Lipinski definition) is 0. The third-order valence-electron chi connectivity index (χ3n) is 3.12. The van der Waals surface area contributed by atoms with Crippen molar-refractivity contribution in [2.75, 3.05) is 7.11 Å². The first kappa shape index (κ1) is 11.4. The highest BCUT2D eigenvalue weighted by atomic mass is 79.9. The summed E-state index contributed by atoms with van der Waals surface area (Å²) in [7, 11) is 1.63. The molecule has 0 atom stereocenters. The van der Waals surface area contributed by atoms with Crippen LogP contribution in [0.5, 0.6) is 5.75 Å². The molecule has 0 N–H and O–H groups in total. The van der Waals surface area contributed by atoms with Gasteiger partial charge in [0.1, 0.15) is 5.75 Å². The van der Waals surface area contributed by atoms with Gasteiger partial charge in [0.2, 0.25) is 6.08 Å². The summed E-state index contributed by atoms with van der Waals surface area (Å²) in [6, 6.07) is 5.77. The molecule has 84 valence electrons. The van der Waals surface area contributed by atoms with Crippen LogP contribution in [0, 0.1) is 0 Å². The molecule has 0 heterocycles. The molecule has 1 aliphatic carbocycles. The zero-order valence-electron chi connectivity index (χ0n) is 9.00. The lowest BCUT2D eigenvalue weighted by atomic mass is 9.72. The Labute approximate surface area is 103 Å². The number of benzene rings is 1. The van der Waals surface area contributed by atoms with Gasteiger partial charge >= 0.3 is 0 Å². The maximum Gasteiger partial charge on any atom is 0.235 e. The molecule has 4 heteroatoms. The highest BCUT2D eigenvalue weighted by molar-refractivity contribution is 9.10. The molecule has 0 amide bonds. The van der Waals surface area contributed by atoms with E-state index in [1.807, 2.05) is 18.2 Å². The minimum Gasteiger partial charge on any atom is -0.496 e. The van der Waals surface area contributed by atoms with E-state index in [-0.39, 0.29) is 5.54 Å². The van der Waals surface area contributed by atoms with Crippen LogP contribution in [0.1, 0.15) is 24.8 Å². The Hall–Kier alpha value is -1.12. The zero-order valence-corrected chi connectivity index (χ0v) is 10.6. The summed E-state index contributed by atoms with van der Waals surface area (Å²) in [6.45, 7) is 0. The van der Waals surface area contributed by atoms with Gasteiger partial charge in [-0.2, -0.15) is 4.99 Å². The first-order valence-electron chi connectivity index (χ1n) is 5.15. The van der Waals surface area contributed by atoms with Crippen LogP contribution in [0.3, 0.4) is 0 Å². The van der Waals surface area contributed by atoms with Gasteiger partial charge in [-0.25, -0.2) is 4.79 Å². The van der Waals surface area contributed by atoms with Gasteiger partial charge in [-0.05, 0) is 46.8 Å². The van der Waals surface area contributed by atoms with Gasteiger partial charge in [-0.3, -0.25) is 0 Å². The summed E-state index contributed by atoms with van der Waals surface area (Å²) >= 11 is 3.51. The monoisotopic (exact) mass is 281 g/mol. The van der Waals surface area contributed by atoms with Gasteiger partial charge in [0.15, 0.2) is 0 Å². The van der Waals surface area contributed by atoms with Crippen LogP contribution >= 0.6 is 15.9 Å². The van der Waals surface area contributed by atoms with Crippen molar-refractivity contribution >= 4 is 22.0 Å². The second kappa shape index (κ2) is 4.40. The van der Waals surface area contributed by atoms with E-state index in [1.54, 1.807) is 13.2 Å². The largest absolute Gasteiger partial charge is 0.496 e. The van der Waals surface area contributed by atoms with E-state index in [1.165, 1.54) is 0 Å². The normalized spacial score (nSPS) is 17.1. The van der Waals surface area contributed by atoms with E-state index in [9.17, 15) is 4.79 Å². The number of isocyanates is 1. The van der Waals surface area contributed by atoms with Crippen LogP contribution in [0.2, 0.25) is 0 Å². The Balaban J connectivity index is 2.50. The highest BCUT2D eigenvalue weighted by Gasteiger charge is 2.40. The third-order valence-corrected chi connectivity index (χ3v) is 3.94. The number of carbonyl (C=O) groups excluding carboxylic acids is 1. The lowest BCUT2D eigenvalue weighted by molar-refractivity contribution is 0.253. The zero-order chi connectivity index (χ0) is 11.6. The number of aliphatic imine (C=N–C) groups is 1. The second-order valence-electron chi connectivity index (χ2n) is 3.91. The van der Waals surface area contributed by atoms with E-state index in [2.05, 4.69) is 20.9 Å². The van der Waals surface area contributed by atoms with Crippen LogP contribution in [0.15, 0.2) is 27.7 Å². The van der Waals surface area contributed by atoms with E-state index in [0.29, 0.717) is 0 Å². The molecular weight excluding hydrogens is 270 g/mol. The molecule has 2 rings (SSSR count). The van der Waals surface area contributed by atoms with Crippen LogP contribution in [-0.2, 0) is 10.3 Å². The summed E-state index contributed by atoms with van der Waals surface area (Å²) in [5, 5.41) is 0. The van der Waals surface area contributed by atoms with Crippen molar-refractivity contribution in [1.82, 2.24) is 0 Å². The molecule has 1 fully saturated rings. The van der Waals surface area contributed by atoms with Gasteiger partial charge in [0, 0.05) is 0 Å². The maximum atomic E-state index is 10.5.